The van der Waals surface area contributed by atoms with Crippen LogP contribution in [-0.4, -0.2) is 13.4 Å². The van der Waals surface area contributed by atoms with Crippen molar-refractivity contribution in [3.05, 3.63) is 45.8 Å². The van der Waals surface area contributed by atoms with Gasteiger partial charge in [0, 0.05) is 10.7 Å². The van der Waals surface area contributed by atoms with E-state index in [4.69, 9.17) is 17.4 Å². The van der Waals surface area contributed by atoms with Gasteiger partial charge in [-0.15, -0.1) is 0 Å². The molecule has 112 valence electrons. The van der Waals surface area contributed by atoms with Crippen LogP contribution in [0.5, 0.6) is 0 Å². The van der Waals surface area contributed by atoms with Gasteiger partial charge in [-0.3, -0.25) is 10.6 Å². The summed E-state index contributed by atoms with van der Waals surface area (Å²) in [6.07, 6.45) is 1.30. The Morgan fingerprint density at radius 3 is 2.71 bits per heavy atom. The van der Waals surface area contributed by atoms with Crippen molar-refractivity contribution >= 4 is 48.9 Å². The maximum Gasteiger partial charge on any atom is 0.281 e. The number of sulfonamides is 1. The molecule has 4 N–H and O–H groups in total. The number of anilines is 2. The minimum atomic E-state index is -4.05. The van der Waals surface area contributed by atoms with E-state index in [1.807, 2.05) is 0 Å². The van der Waals surface area contributed by atoms with Crippen LogP contribution in [0.3, 0.4) is 0 Å². The van der Waals surface area contributed by atoms with E-state index in [-0.39, 0.29) is 25.9 Å². The first kappa shape index (κ1) is 16.0. The van der Waals surface area contributed by atoms with Gasteiger partial charge < -0.3 is 5.43 Å². The summed E-state index contributed by atoms with van der Waals surface area (Å²) in [6, 6.07) is 5.05. The topological polar surface area (TPSA) is 97.1 Å². The smallest absolute Gasteiger partial charge is 0.281 e. The number of halogens is 3. The molecule has 1 heterocycles. The fourth-order valence-corrected chi connectivity index (χ4v) is 3.82. The van der Waals surface area contributed by atoms with Gasteiger partial charge in [0.15, 0.2) is 0 Å². The number of aromatic nitrogens is 1. The van der Waals surface area contributed by atoms with Crippen LogP contribution in [0.4, 0.5) is 15.8 Å². The number of nitrogens with two attached hydrogens (primary N) is 1. The van der Waals surface area contributed by atoms with Crippen LogP contribution >= 0.6 is 27.5 Å². The van der Waals surface area contributed by atoms with E-state index in [2.05, 4.69) is 31.1 Å². The summed E-state index contributed by atoms with van der Waals surface area (Å²) in [5, 5.41) is -0.400. The van der Waals surface area contributed by atoms with E-state index in [0.29, 0.717) is 0 Å². The number of hydrogen-bond donors (Lipinski definition) is 3. The fraction of sp³-hybridized carbons (Fsp3) is 0. The Kier molecular flexibility index (Phi) is 4.67. The van der Waals surface area contributed by atoms with Crippen molar-refractivity contribution in [2.24, 2.45) is 5.84 Å². The van der Waals surface area contributed by atoms with Crippen molar-refractivity contribution in [3.63, 3.8) is 0 Å². The molecule has 0 bridgehead atoms. The third-order valence-corrected chi connectivity index (χ3v) is 4.66. The number of nitrogens with zero attached hydrogens (tertiary/aromatic N) is 1. The lowest BCUT2D eigenvalue weighted by Gasteiger charge is -2.13. The Labute approximate surface area is 133 Å². The maximum absolute atomic E-state index is 13.2. The van der Waals surface area contributed by atoms with Crippen LogP contribution in [0.15, 0.2) is 40.0 Å². The van der Waals surface area contributed by atoms with Gasteiger partial charge in [0.05, 0.1) is 16.4 Å². The summed E-state index contributed by atoms with van der Waals surface area (Å²) in [5.74, 6) is 4.65. The molecule has 2 aromatic rings. The number of rotatable bonds is 4. The molecule has 0 unspecified atom stereocenters. The lowest BCUT2D eigenvalue weighted by molar-refractivity contribution is 0.597. The molecule has 1 aromatic carbocycles. The lowest BCUT2D eigenvalue weighted by atomic mass is 10.3. The van der Waals surface area contributed by atoms with Gasteiger partial charge in [-0.1, -0.05) is 11.6 Å². The third-order valence-electron chi connectivity index (χ3n) is 2.42. The van der Waals surface area contributed by atoms with Crippen molar-refractivity contribution < 1.29 is 12.8 Å². The van der Waals surface area contributed by atoms with Crippen molar-refractivity contribution in [2.75, 3.05) is 10.1 Å². The molecule has 0 aliphatic rings. The predicted octanol–water partition coefficient (Wildman–Crippen LogP) is 2.72. The number of nitrogens with one attached hydrogen (secondary N) is 2. The average Bonchev–Trinajstić information content (AvgIpc) is 2.43. The standard InChI is InChI=1S/C11H9BrClFN4O2S/c12-7-4-6(14)5-8(13)10(7)18-21(19,20)11-9(17-15)2-1-3-16-11/h1-5,17-18H,15H2. The highest BCUT2D eigenvalue weighted by Gasteiger charge is 2.22. The van der Waals surface area contributed by atoms with E-state index in [1.165, 1.54) is 18.3 Å². The zero-order chi connectivity index (χ0) is 15.6. The molecule has 0 atom stereocenters. The number of hydrazine groups is 1. The van der Waals surface area contributed by atoms with Gasteiger partial charge in [-0.05, 0) is 40.2 Å². The monoisotopic (exact) mass is 394 g/mol. The first-order chi connectivity index (χ1) is 9.85. The molecule has 0 spiro atoms. The molecule has 0 amide bonds. The lowest BCUT2D eigenvalue weighted by Crippen LogP contribution is -2.19. The highest BCUT2D eigenvalue weighted by Crippen LogP contribution is 2.33. The zero-order valence-corrected chi connectivity index (χ0v) is 13.4. The molecule has 0 aliphatic heterocycles. The van der Waals surface area contributed by atoms with E-state index in [9.17, 15) is 12.8 Å². The van der Waals surface area contributed by atoms with E-state index in [1.54, 1.807) is 0 Å². The van der Waals surface area contributed by atoms with Gasteiger partial charge in [0.25, 0.3) is 10.0 Å². The second-order valence-corrected chi connectivity index (χ2v) is 6.71. The van der Waals surface area contributed by atoms with Crippen LogP contribution in [0.25, 0.3) is 0 Å². The Bertz CT molecular complexity index is 765. The minimum Gasteiger partial charge on any atom is -0.321 e. The van der Waals surface area contributed by atoms with Crippen molar-refractivity contribution in [1.82, 2.24) is 4.98 Å². The van der Waals surface area contributed by atoms with Crippen LogP contribution < -0.4 is 16.0 Å². The first-order valence-electron chi connectivity index (χ1n) is 5.44. The second kappa shape index (κ2) is 6.14. The van der Waals surface area contributed by atoms with Crippen LogP contribution in [0.2, 0.25) is 5.02 Å². The Hall–Kier alpha value is -1.42. The predicted molar refractivity (Wildman–Crippen MR) is 82.0 cm³/mol. The molecule has 21 heavy (non-hydrogen) atoms. The normalized spacial score (nSPS) is 11.2. The zero-order valence-electron chi connectivity index (χ0n) is 10.3. The molecule has 0 saturated heterocycles. The average molecular weight is 396 g/mol. The summed E-state index contributed by atoms with van der Waals surface area (Å²) < 4.78 is 40.2. The fourth-order valence-electron chi connectivity index (χ4n) is 1.54. The van der Waals surface area contributed by atoms with Crippen molar-refractivity contribution in [3.8, 4) is 0 Å². The molecule has 0 aliphatic carbocycles. The number of benzene rings is 1. The summed E-state index contributed by atoms with van der Waals surface area (Å²) in [4.78, 5) is 3.77. The molecule has 2 rings (SSSR count). The summed E-state index contributed by atoms with van der Waals surface area (Å²) in [7, 11) is -4.05. The summed E-state index contributed by atoms with van der Waals surface area (Å²) in [6.45, 7) is 0. The first-order valence-corrected chi connectivity index (χ1v) is 8.09. The number of nitrogen functional groups attached to an aromatic ring is 1. The van der Waals surface area contributed by atoms with Gasteiger partial charge in [0.1, 0.15) is 5.82 Å². The Balaban J connectivity index is 2.48. The molecular weight excluding hydrogens is 387 g/mol. The van der Waals surface area contributed by atoms with Gasteiger partial charge >= 0.3 is 0 Å². The van der Waals surface area contributed by atoms with E-state index < -0.39 is 15.8 Å². The molecule has 1 aromatic heterocycles. The van der Waals surface area contributed by atoms with Crippen molar-refractivity contribution in [2.45, 2.75) is 5.03 Å². The summed E-state index contributed by atoms with van der Waals surface area (Å²) >= 11 is 8.89. The van der Waals surface area contributed by atoms with Crippen LogP contribution in [0.1, 0.15) is 0 Å². The van der Waals surface area contributed by atoms with Gasteiger partial charge in [0.2, 0.25) is 5.03 Å². The van der Waals surface area contributed by atoms with Crippen LogP contribution in [0, 0.1) is 5.82 Å². The van der Waals surface area contributed by atoms with Crippen molar-refractivity contribution in [1.29, 1.82) is 0 Å². The third kappa shape index (κ3) is 3.43. The SMILES string of the molecule is NNc1cccnc1S(=O)(=O)Nc1c(Cl)cc(F)cc1Br. The van der Waals surface area contributed by atoms with Gasteiger partial charge in [-0.2, -0.15) is 8.42 Å². The highest BCUT2D eigenvalue weighted by molar-refractivity contribution is 9.10. The Morgan fingerprint density at radius 2 is 2.10 bits per heavy atom. The number of hydrogen-bond acceptors (Lipinski definition) is 5. The maximum atomic E-state index is 13.2. The molecule has 6 nitrogen and oxygen atoms in total. The molecular formula is C11H9BrClFN4O2S. The summed E-state index contributed by atoms with van der Waals surface area (Å²) in [5.41, 5.74) is 2.36. The van der Waals surface area contributed by atoms with E-state index >= 15 is 0 Å². The molecule has 0 saturated carbocycles. The van der Waals surface area contributed by atoms with E-state index in [0.717, 1.165) is 12.1 Å². The van der Waals surface area contributed by atoms with Crippen LogP contribution in [-0.2, 0) is 10.0 Å². The minimum absolute atomic E-state index is 0.00620. The quantitative estimate of drug-likeness (QED) is 0.546. The molecule has 10 heteroatoms. The second-order valence-electron chi connectivity index (χ2n) is 3.85. The molecule has 0 radical (unpaired) electrons. The van der Waals surface area contributed by atoms with Gasteiger partial charge in [-0.25, -0.2) is 9.37 Å². The Morgan fingerprint density at radius 1 is 1.38 bits per heavy atom. The number of pyridine rings is 1. The molecule has 0 fully saturated rings. The highest BCUT2D eigenvalue weighted by atomic mass is 79.9. The largest absolute Gasteiger partial charge is 0.321 e.